The number of benzene rings is 2. The van der Waals surface area contributed by atoms with Crippen LogP contribution in [0.25, 0.3) is 11.4 Å². The van der Waals surface area contributed by atoms with Crippen molar-refractivity contribution in [1.82, 2.24) is 9.97 Å². The minimum absolute atomic E-state index is 0.509. The van der Waals surface area contributed by atoms with Crippen molar-refractivity contribution in [3.8, 4) is 17.3 Å². The highest BCUT2D eigenvalue weighted by molar-refractivity contribution is 5.55. The van der Waals surface area contributed by atoms with E-state index in [-0.39, 0.29) is 0 Å². The first-order chi connectivity index (χ1) is 10.8. The van der Waals surface area contributed by atoms with E-state index in [1.54, 1.807) is 0 Å². The first-order valence-electron chi connectivity index (χ1n) is 7.45. The van der Waals surface area contributed by atoms with E-state index in [0.717, 1.165) is 23.2 Å². The van der Waals surface area contributed by atoms with Crippen LogP contribution in [-0.4, -0.2) is 9.97 Å². The molecule has 0 aliphatic heterocycles. The minimum Gasteiger partial charge on any atom is -0.473 e. The van der Waals surface area contributed by atoms with Crippen LogP contribution in [0.4, 0.5) is 0 Å². The third-order valence-electron chi connectivity index (χ3n) is 3.38. The molecule has 0 radical (unpaired) electrons. The van der Waals surface area contributed by atoms with Crippen LogP contribution in [0.3, 0.4) is 0 Å². The third-order valence-corrected chi connectivity index (χ3v) is 3.38. The summed E-state index contributed by atoms with van der Waals surface area (Å²) in [7, 11) is 0. The van der Waals surface area contributed by atoms with Gasteiger partial charge in [0, 0.05) is 17.3 Å². The molecule has 0 amide bonds. The van der Waals surface area contributed by atoms with Gasteiger partial charge in [-0.25, -0.2) is 4.98 Å². The lowest BCUT2D eigenvalue weighted by molar-refractivity contribution is 0.293. The smallest absolute Gasteiger partial charge is 0.217 e. The Labute approximate surface area is 130 Å². The molecule has 110 valence electrons. The fourth-order valence-electron chi connectivity index (χ4n) is 2.18. The van der Waals surface area contributed by atoms with Crippen LogP contribution in [0, 0.1) is 0 Å². The minimum atomic E-state index is 0.509. The molecular weight excluding hydrogens is 272 g/mol. The van der Waals surface area contributed by atoms with Crippen molar-refractivity contribution in [2.24, 2.45) is 0 Å². The van der Waals surface area contributed by atoms with Gasteiger partial charge in [0.2, 0.25) is 5.88 Å². The van der Waals surface area contributed by atoms with Crippen LogP contribution in [0.5, 0.6) is 5.88 Å². The predicted molar refractivity (Wildman–Crippen MR) is 87.6 cm³/mol. The Hall–Kier alpha value is -2.68. The molecule has 0 aliphatic carbocycles. The molecule has 3 heteroatoms. The molecule has 0 bridgehead atoms. The van der Waals surface area contributed by atoms with Crippen molar-refractivity contribution < 1.29 is 4.74 Å². The third kappa shape index (κ3) is 3.50. The molecule has 0 spiro atoms. The SMILES string of the molecule is CCc1cc(OCc2ccccc2)nc(-c2ccccc2)n1. The summed E-state index contributed by atoms with van der Waals surface area (Å²) < 4.78 is 5.85. The van der Waals surface area contributed by atoms with Gasteiger partial charge in [-0.15, -0.1) is 0 Å². The molecule has 1 heterocycles. The zero-order valence-electron chi connectivity index (χ0n) is 12.6. The molecule has 1 aromatic heterocycles. The van der Waals surface area contributed by atoms with E-state index in [1.165, 1.54) is 0 Å². The van der Waals surface area contributed by atoms with Gasteiger partial charge in [0.25, 0.3) is 0 Å². The van der Waals surface area contributed by atoms with Crippen molar-refractivity contribution in [2.45, 2.75) is 20.0 Å². The second kappa shape index (κ2) is 6.85. The normalized spacial score (nSPS) is 10.4. The average molecular weight is 290 g/mol. The van der Waals surface area contributed by atoms with E-state index >= 15 is 0 Å². The van der Waals surface area contributed by atoms with E-state index in [0.29, 0.717) is 18.3 Å². The van der Waals surface area contributed by atoms with Crippen LogP contribution in [-0.2, 0) is 13.0 Å². The standard InChI is InChI=1S/C19H18N2O/c1-2-17-13-18(22-14-15-9-5-3-6-10-15)21-19(20-17)16-11-7-4-8-12-16/h3-13H,2,14H2,1H3. The molecule has 22 heavy (non-hydrogen) atoms. The number of hydrogen-bond donors (Lipinski definition) is 0. The Kier molecular flexibility index (Phi) is 4.44. The van der Waals surface area contributed by atoms with Crippen molar-refractivity contribution in [3.63, 3.8) is 0 Å². The Morgan fingerprint density at radius 1 is 0.864 bits per heavy atom. The number of ether oxygens (including phenoxy) is 1. The lowest BCUT2D eigenvalue weighted by atomic mass is 10.2. The Morgan fingerprint density at radius 2 is 1.55 bits per heavy atom. The van der Waals surface area contributed by atoms with Crippen LogP contribution >= 0.6 is 0 Å². The Bertz CT molecular complexity index is 727. The summed E-state index contributed by atoms with van der Waals surface area (Å²) in [6.45, 7) is 2.59. The number of nitrogens with zero attached hydrogens (tertiary/aromatic N) is 2. The zero-order chi connectivity index (χ0) is 15.2. The molecule has 0 fully saturated rings. The number of rotatable bonds is 5. The van der Waals surface area contributed by atoms with Crippen molar-refractivity contribution >= 4 is 0 Å². The predicted octanol–water partition coefficient (Wildman–Crippen LogP) is 4.29. The molecular formula is C19H18N2O. The summed E-state index contributed by atoms with van der Waals surface area (Å²) >= 11 is 0. The zero-order valence-corrected chi connectivity index (χ0v) is 12.6. The fraction of sp³-hybridized carbons (Fsp3) is 0.158. The highest BCUT2D eigenvalue weighted by Gasteiger charge is 2.07. The molecule has 0 atom stereocenters. The topological polar surface area (TPSA) is 35.0 Å². The van der Waals surface area contributed by atoms with E-state index in [9.17, 15) is 0 Å². The van der Waals surface area contributed by atoms with E-state index in [1.807, 2.05) is 66.7 Å². The van der Waals surface area contributed by atoms with Crippen LogP contribution < -0.4 is 4.74 Å². The van der Waals surface area contributed by atoms with Gasteiger partial charge in [0.15, 0.2) is 5.82 Å². The lowest BCUT2D eigenvalue weighted by Crippen LogP contribution is -2.01. The van der Waals surface area contributed by atoms with Gasteiger partial charge in [-0.05, 0) is 12.0 Å². The summed E-state index contributed by atoms with van der Waals surface area (Å²) in [6, 6.07) is 22.0. The molecule has 0 aliphatic rings. The van der Waals surface area contributed by atoms with Gasteiger partial charge in [-0.2, -0.15) is 4.98 Å². The van der Waals surface area contributed by atoms with Crippen molar-refractivity contribution in [3.05, 3.63) is 78.0 Å². The fourth-order valence-corrected chi connectivity index (χ4v) is 2.18. The molecule has 0 unspecified atom stereocenters. The highest BCUT2D eigenvalue weighted by atomic mass is 16.5. The molecule has 0 saturated carbocycles. The second-order valence-corrected chi connectivity index (χ2v) is 5.01. The quantitative estimate of drug-likeness (QED) is 0.703. The van der Waals surface area contributed by atoms with Crippen molar-refractivity contribution in [1.29, 1.82) is 0 Å². The largest absolute Gasteiger partial charge is 0.473 e. The molecule has 0 N–H and O–H groups in total. The van der Waals surface area contributed by atoms with Gasteiger partial charge < -0.3 is 4.74 Å². The second-order valence-electron chi connectivity index (χ2n) is 5.01. The molecule has 3 aromatic rings. The van der Waals surface area contributed by atoms with Gasteiger partial charge >= 0.3 is 0 Å². The maximum atomic E-state index is 5.85. The van der Waals surface area contributed by atoms with Gasteiger partial charge in [-0.3, -0.25) is 0 Å². The lowest BCUT2D eigenvalue weighted by Gasteiger charge is -2.09. The first kappa shape index (κ1) is 14.3. The van der Waals surface area contributed by atoms with Crippen LogP contribution in [0.15, 0.2) is 66.7 Å². The average Bonchev–Trinajstić information content (AvgIpc) is 2.61. The number of aryl methyl sites for hydroxylation is 1. The maximum Gasteiger partial charge on any atom is 0.217 e. The molecule has 3 nitrogen and oxygen atoms in total. The van der Waals surface area contributed by atoms with Crippen molar-refractivity contribution in [2.75, 3.05) is 0 Å². The van der Waals surface area contributed by atoms with Crippen LogP contribution in [0.2, 0.25) is 0 Å². The monoisotopic (exact) mass is 290 g/mol. The van der Waals surface area contributed by atoms with E-state index in [2.05, 4.69) is 16.9 Å². The number of aromatic nitrogens is 2. The summed E-state index contributed by atoms with van der Waals surface area (Å²) in [4.78, 5) is 9.12. The van der Waals surface area contributed by atoms with Gasteiger partial charge in [0.05, 0.1) is 0 Å². The summed E-state index contributed by atoms with van der Waals surface area (Å²) in [6.07, 6.45) is 0.851. The number of hydrogen-bond acceptors (Lipinski definition) is 3. The summed E-state index contributed by atoms with van der Waals surface area (Å²) in [5.74, 6) is 1.33. The Balaban J connectivity index is 1.85. The van der Waals surface area contributed by atoms with E-state index in [4.69, 9.17) is 4.74 Å². The molecule has 2 aromatic carbocycles. The van der Waals surface area contributed by atoms with E-state index < -0.39 is 0 Å². The molecule has 3 rings (SSSR count). The van der Waals surface area contributed by atoms with Gasteiger partial charge in [-0.1, -0.05) is 67.6 Å². The Morgan fingerprint density at radius 3 is 2.23 bits per heavy atom. The van der Waals surface area contributed by atoms with Gasteiger partial charge in [0.1, 0.15) is 6.61 Å². The van der Waals surface area contributed by atoms with Crippen LogP contribution in [0.1, 0.15) is 18.2 Å². The molecule has 0 saturated heterocycles. The first-order valence-corrected chi connectivity index (χ1v) is 7.45. The summed E-state index contributed by atoms with van der Waals surface area (Å²) in [5, 5.41) is 0. The maximum absolute atomic E-state index is 5.85. The summed E-state index contributed by atoms with van der Waals surface area (Å²) in [5.41, 5.74) is 3.11. The highest BCUT2D eigenvalue weighted by Crippen LogP contribution is 2.20.